The third-order valence-corrected chi connectivity index (χ3v) is 5.55. The molecule has 1 aliphatic rings. The zero-order valence-corrected chi connectivity index (χ0v) is 13.8. The topological polar surface area (TPSA) is 72.6 Å². The summed E-state index contributed by atoms with van der Waals surface area (Å²) >= 11 is 0. The molecule has 0 unspecified atom stereocenters. The minimum atomic E-state index is -3.43. The average Bonchev–Trinajstić information content (AvgIpc) is 2.93. The molecule has 0 spiro atoms. The van der Waals surface area contributed by atoms with Gasteiger partial charge in [0, 0.05) is 19.6 Å². The third kappa shape index (κ3) is 3.99. The van der Waals surface area contributed by atoms with Crippen LogP contribution in [0.1, 0.15) is 17.0 Å². The van der Waals surface area contributed by atoms with Gasteiger partial charge in [-0.2, -0.15) is 0 Å². The number of morpholine rings is 1. The molecule has 0 saturated carbocycles. The minimum Gasteiger partial charge on any atom is -0.438 e. The Morgan fingerprint density at radius 2 is 1.91 bits per heavy atom. The molecule has 123 valence electrons. The molecule has 1 fully saturated rings. The highest BCUT2D eigenvalue weighted by Crippen LogP contribution is 2.19. The summed E-state index contributed by atoms with van der Waals surface area (Å²) < 4.78 is 35.1. The van der Waals surface area contributed by atoms with Gasteiger partial charge in [-0.3, -0.25) is 4.90 Å². The van der Waals surface area contributed by atoms with E-state index in [1.807, 2.05) is 12.1 Å². The van der Waals surface area contributed by atoms with Crippen molar-refractivity contribution in [1.82, 2.24) is 9.88 Å². The number of hydrogen-bond donors (Lipinski definition) is 0. The van der Waals surface area contributed by atoms with Gasteiger partial charge in [0.15, 0.2) is 9.84 Å². The number of nitrogens with zero attached hydrogens (tertiary/aromatic N) is 2. The summed E-state index contributed by atoms with van der Waals surface area (Å²) in [6.45, 7) is 5.80. The lowest BCUT2D eigenvalue weighted by Gasteiger charge is -2.26. The summed E-state index contributed by atoms with van der Waals surface area (Å²) in [7, 11) is -3.43. The third-order valence-electron chi connectivity index (χ3n) is 3.90. The fourth-order valence-corrected chi connectivity index (χ4v) is 3.85. The molecule has 1 radical (unpaired) electrons. The van der Waals surface area contributed by atoms with E-state index in [1.54, 1.807) is 19.1 Å². The molecule has 0 bridgehead atoms. The first-order valence-electron chi connectivity index (χ1n) is 7.49. The summed E-state index contributed by atoms with van der Waals surface area (Å²) in [5, 5.41) is 0. The second kappa shape index (κ2) is 6.82. The van der Waals surface area contributed by atoms with Crippen molar-refractivity contribution in [2.75, 3.05) is 26.3 Å². The SMILES string of the molecule is Cc1o[c]nc1CS(=O)(=O)c1ccc(CN2CCOCC2)cc1. The average molecular weight is 335 g/mol. The van der Waals surface area contributed by atoms with Gasteiger partial charge in [-0.15, -0.1) is 0 Å². The number of benzene rings is 1. The molecular formula is C16H19N2O4S. The van der Waals surface area contributed by atoms with E-state index in [0.717, 1.165) is 38.4 Å². The Labute approximate surface area is 136 Å². The van der Waals surface area contributed by atoms with E-state index in [2.05, 4.69) is 16.3 Å². The Hall–Kier alpha value is -1.70. The molecule has 7 heteroatoms. The second-order valence-corrected chi connectivity index (χ2v) is 7.59. The van der Waals surface area contributed by atoms with E-state index in [-0.39, 0.29) is 5.75 Å². The van der Waals surface area contributed by atoms with Crippen LogP contribution in [-0.2, 0) is 26.9 Å². The highest BCUT2D eigenvalue weighted by Gasteiger charge is 2.19. The summed E-state index contributed by atoms with van der Waals surface area (Å²) in [4.78, 5) is 6.42. The van der Waals surface area contributed by atoms with Crippen LogP contribution < -0.4 is 0 Å². The molecule has 0 aliphatic carbocycles. The molecular weight excluding hydrogens is 316 g/mol. The second-order valence-electron chi connectivity index (χ2n) is 5.60. The molecule has 0 atom stereocenters. The van der Waals surface area contributed by atoms with E-state index in [4.69, 9.17) is 9.15 Å². The van der Waals surface area contributed by atoms with Gasteiger partial charge >= 0.3 is 0 Å². The largest absolute Gasteiger partial charge is 0.438 e. The van der Waals surface area contributed by atoms with Gasteiger partial charge in [0.25, 0.3) is 6.39 Å². The molecule has 0 amide bonds. The van der Waals surface area contributed by atoms with Gasteiger partial charge in [0.2, 0.25) is 0 Å². The predicted molar refractivity (Wildman–Crippen MR) is 83.5 cm³/mol. The number of hydrogen-bond acceptors (Lipinski definition) is 6. The number of rotatable bonds is 5. The van der Waals surface area contributed by atoms with E-state index in [0.29, 0.717) is 16.3 Å². The van der Waals surface area contributed by atoms with Crippen LogP contribution in [0.15, 0.2) is 33.6 Å². The van der Waals surface area contributed by atoms with Crippen molar-refractivity contribution < 1.29 is 17.6 Å². The van der Waals surface area contributed by atoms with Gasteiger partial charge in [-0.1, -0.05) is 12.1 Å². The molecule has 6 nitrogen and oxygen atoms in total. The molecule has 2 heterocycles. The molecule has 23 heavy (non-hydrogen) atoms. The van der Waals surface area contributed by atoms with Crippen LogP contribution in [0, 0.1) is 13.3 Å². The van der Waals surface area contributed by atoms with Crippen LogP contribution in [0.5, 0.6) is 0 Å². The van der Waals surface area contributed by atoms with Crippen LogP contribution >= 0.6 is 0 Å². The maximum absolute atomic E-state index is 12.4. The van der Waals surface area contributed by atoms with Gasteiger partial charge in [-0.05, 0) is 24.6 Å². The van der Waals surface area contributed by atoms with Crippen LogP contribution in [0.4, 0.5) is 0 Å². The Kier molecular flexibility index (Phi) is 4.79. The van der Waals surface area contributed by atoms with Crippen molar-refractivity contribution in [1.29, 1.82) is 0 Å². The quantitative estimate of drug-likeness (QED) is 0.826. The van der Waals surface area contributed by atoms with Crippen LogP contribution in [-0.4, -0.2) is 44.6 Å². The maximum atomic E-state index is 12.4. The van der Waals surface area contributed by atoms with Gasteiger partial charge in [0.05, 0.1) is 23.8 Å². The van der Waals surface area contributed by atoms with Gasteiger partial charge in [-0.25, -0.2) is 13.4 Å². The monoisotopic (exact) mass is 335 g/mol. The Morgan fingerprint density at radius 1 is 1.22 bits per heavy atom. The van der Waals surface area contributed by atoms with Crippen molar-refractivity contribution in [3.8, 4) is 0 Å². The first-order valence-corrected chi connectivity index (χ1v) is 9.14. The van der Waals surface area contributed by atoms with E-state index < -0.39 is 9.84 Å². The Bertz CT molecular complexity index is 747. The highest BCUT2D eigenvalue weighted by molar-refractivity contribution is 7.90. The van der Waals surface area contributed by atoms with E-state index >= 15 is 0 Å². The fraction of sp³-hybridized carbons (Fsp3) is 0.438. The van der Waals surface area contributed by atoms with Gasteiger partial charge < -0.3 is 9.15 Å². The lowest BCUT2D eigenvalue weighted by Crippen LogP contribution is -2.35. The summed E-state index contributed by atoms with van der Waals surface area (Å²) in [6, 6.07) is 7.04. The summed E-state index contributed by atoms with van der Waals surface area (Å²) in [5.74, 6) is 0.312. The first-order chi connectivity index (χ1) is 11.0. The molecule has 1 aromatic heterocycles. The van der Waals surface area contributed by atoms with Gasteiger partial charge in [0.1, 0.15) is 11.5 Å². The number of aromatic nitrogens is 1. The van der Waals surface area contributed by atoms with Crippen molar-refractivity contribution >= 4 is 9.84 Å². The van der Waals surface area contributed by atoms with Crippen LogP contribution in [0.3, 0.4) is 0 Å². The molecule has 1 aromatic carbocycles. The maximum Gasteiger partial charge on any atom is 0.284 e. The smallest absolute Gasteiger partial charge is 0.284 e. The fourth-order valence-electron chi connectivity index (χ4n) is 2.50. The van der Waals surface area contributed by atoms with E-state index in [1.165, 1.54) is 0 Å². The first kappa shape index (κ1) is 16.2. The molecule has 0 N–H and O–H groups in total. The molecule has 2 aromatic rings. The predicted octanol–water partition coefficient (Wildman–Crippen LogP) is 1.59. The number of ether oxygens (including phenoxy) is 1. The van der Waals surface area contributed by atoms with Crippen molar-refractivity contribution in [3.05, 3.63) is 47.7 Å². The number of oxazole rings is 1. The zero-order valence-electron chi connectivity index (χ0n) is 13.0. The minimum absolute atomic E-state index is 0.172. The normalized spacial score (nSPS) is 16.6. The van der Waals surface area contributed by atoms with Crippen molar-refractivity contribution in [3.63, 3.8) is 0 Å². The number of aryl methyl sites for hydroxylation is 1. The summed E-state index contributed by atoms with van der Waals surface area (Å²) in [5.41, 5.74) is 1.50. The highest BCUT2D eigenvalue weighted by atomic mass is 32.2. The van der Waals surface area contributed by atoms with E-state index in [9.17, 15) is 8.42 Å². The molecule has 1 aliphatic heterocycles. The number of sulfone groups is 1. The summed E-state index contributed by atoms with van der Waals surface area (Å²) in [6.07, 6.45) is 2.32. The lowest BCUT2D eigenvalue weighted by atomic mass is 10.2. The van der Waals surface area contributed by atoms with Crippen molar-refractivity contribution in [2.24, 2.45) is 0 Å². The molecule has 3 rings (SSSR count). The standard InChI is InChI=1S/C16H19N2O4S/c1-13-16(17-12-22-13)11-23(19,20)15-4-2-14(3-5-15)10-18-6-8-21-9-7-18/h2-5H,6-11H2,1H3. The lowest BCUT2D eigenvalue weighted by molar-refractivity contribution is 0.0342. The Balaban J connectivity index is 1.69. The molecule has 1 saturated heterocycles. The zero-order chi connectivity index (χ0) is 16.3. The van der Waals surface area contributed by atoms with Crippen LogP contribution in [0.2, 0.25) is 0 Å². The Morgan fingerprint density at radius 3 is 2.52 bits per heavy atom. The van der Waals surface area contributed by atoms with Crippen LogP contribution in [0.25, 0.3) is 0 Å². The van der Waals surface area contributed by atoms with Crippen molar-refractivity contribution in [2.45, 2.75) is 24.1 Å².